The fourth-order valence-corrected chi connectivity index (χ4v) is 2.51. The molecule has 1 aliphatic heterocycles. The van der Waals surface area contributed by atoms with Crippen molar-refractivity contribution in [1.82, 2.24) is 4.90 Å². The first-order chi connectivity index (χ1) is 8.93. The van der Waals surface area contributed by atoms with Gasteiger partial charge in [0.05, 0.1) is 24.3 Å². The predicted molar refractivity (Wildman–Crippen MR) is 62.0 cm³/mol. The van der Waals surface area contributed by atoms with E-state index >= 15 is 0 Å². The maximum atomic E-state index is 13.0. The summed E-state index contributed by atoms with van der Waals surface area (Å²) in [7, 11) is 0. The van der Waals surface area contributed by atoms with Crippen molar-refractivity contribution in [3.63, 3.8) is 0 Å². The van der Waals surface area contributed by atoms with Gasteiger partial charge in [0.15, 0.2) is 0 Å². The zero-order chi connectivity index (χ0) is 14.0. The van der Waals surface area contributed by atoms with Crippen LogP contribution < -0.4 is 0 Å². The lowest BCUT2D eigenvalue weighted by Gasteiger charge is -2.24. The lowest BCUT2D eigenvalue weighted by atomic mass is 9.97. The fourth-order valence-electron chi connectivity index (χ4n) is 2.51. The van der Waals surface area contributed by atoms with E-state index in [0.29, 0.717) is 0 Å². The Kier molecular flexibility index (Phi) is 3.78. The minimum absolute atomic E-state index is 0.00786. The van der Waals surface area contributed by atoms with Gasteiger partial charge in [0.25, 0.3) is 0 Å². The number of nitrogens with zero attached hydrogens (tertiary/aromatic N) is 2. The largest absolute Gasteiger partial charge is 0.416 e. The topological polar surface area (TPSA) is 47.3 Å². The lowest BCUT2D eigenvalue weighted by molar-refractivity contribution is -0.138. The van der Waals surface area contributed by atoms with Gasteiger partial charge < -0.3 is 5.11 Å². The Hall–Kier alpha value is -1.58. The average molecular weight is 270 g/mol. The highest BCUT2D eigenvalue weighted by atomic mass is 19.4. The van der Waals surface area contributed by atoms with Gasteiger partial charge >= 0.3 is 6.18 Å². The third kappa shape index (κ3) is 2.88. The van der Waals surface area contributed by atoms with Crippen molar-refractivity contribution in [2.45, 2.75) is 24.7 Å². The molecule has 1 N–H and O–H groups in total. The van der Waals surface area contributed by atoms with Crippen LogP contribution in [0.3, 0.4) is 0 Å². The smallest absolute Gasteiger partial charge is 0.392 e. The van der Waals surface area contributed by atoms with Crippen LogP contribution in [-0.4, -0.2) is 29.2 Å². The quantitative estimate of drug-likeness (QED) is 0.839. The number of nitriles is 1. The molecule has 0 aromatic heterocycles. The highest BCUT2D eigenvalue weighted by molar-refractivity contribution is 5.33. The van der Waals surface area contributed by atoms with E-state index in [1.165, 1.54) is 12.1 Å². The van der Waals surface area contributed by atoms with E-state index in [4.69, 9.17) is 5.26 Å². The molecule has 0 radical (unpaired) electrons. The number of hydrogen-bond acceptors (Lipinski definition) is 3. The molecule has 2 rings (SSSR count). The maximum absolute atomic E-state index is 13.0. The van der Waals surface area contributed by atoms with Crippen molar-refractivity contribution < 1.29 is 18.3 Å². The number of rotatable bonds is 2. The van der Waals surface area contributed by atoms with E-state index in [1.807, 2.05) is 6.07 Å². The van der Waals surface area contributed by atoms with Gasteiger partial charge in [-0.05, 0) is 18.1 Å². The van der Waals surface area contributed by atoms with Crippen LogP contribution in [0.2, 0.25) is 0 Å². The first-order valence-corrected chi connectivity index (χ1v) is 5.88. The number of β-amino-alcohol motifs (C(OH)–C–C–N with tert-alkyl or cyclic N) is 1. The normalized spacial score (nSPS) is 24.4. The third-order valence-electron chi connectivity index (χ3n) is 3.28. The molecule has 102 valence electrons. The Morgan fingerprint density at radius 3 is 2.68 bits per heavy atom. The molecule has 1 saturated heterocycles. The summed E-state index contributed by atoms with van der Waals surface area (Å²) in [6.07, 6.45) is -4.91. The van der Waals surface area contributed by atoms with Crippen LogP contribution in [0.1, 0.15) is 23.6 Å². The molecule has 1 aromatic carbocycles. The van der Waals surface area contributed by atoms with Crippen LogP contribution in [0.4, 0.5) is 13.2 Å². The molecule has 0 amide bonds. The van der Waals surface area contributed by atoms with Crippen LogP contribution in [0, 0.1) is 11.3 Å². The van der Waals surface area contributed by atoms with E-state index in [1.54, 1.807) is 11.0 Å². The molecule has 19 heavy (non-hydrogen) atoms. The van der Waals surface area contributed by atoms with Gasteiger partial charge in [0.2, 0.25) is 0 Å². The van der Waals surface area contributed by atoms with Gasteiger partial charge in [-0.1, -0.05) is 18.2 Å². The third-order valence-corrected chi connectivity index (χ3v) is 3.28. The predicted octanol–water partition coefficient (Wildman–Crippen LogP) is 2.34. The molecule has 0 saturated carbocycles. The van der Waals surface area contributed by atoms with E-state index in [2.05, 4.69) is 0 Å². The van der Waals surface area contributed by atoms with Gasteiger partial charge in [0, 0.05) is 12.6 Å². The summed E-state index contributed by atoms with van der Waals surface area (Å²) < 4.78 is 38.9. The molecule has 0 bridgehead atoms. The summed E-state index contributed by atoms with van der Waals surface area (Å²) in [5.41, 5.74) is -0.571. The monoisotopic (exact) mass is 270 g/mol. The van der Waals surface area contributed by atoms with Crippen LogP contribution >= 0.6 is 0 Å². The number of hydrogen-bond donors (Lipinski definition) is 1. The van der Waals surface area contributed by atoms with Crippen molar-refractivity contribution in [2.75, 3.05) is 13.1 Å². The molecule has 2 unspecified atom stereocenters. The molecule has 3 nitrogen and oxygen atoms in total. The number of aliphatic hydroxyl groups excluding tert-OH is 1. The summed E-state index contributed by atoms with van der Waals surface area (Å²) in [5, 5.41) is 18.3. The molecule has 0 aliphatic carbocycles. The summed E-state index contributed by atoms with van der Waals surface area (Å²) in [4.78, 5) is 1.58. The molecule has 1 aromatic rings. The molecule has 1 fully saturated rings. The second-order valence-corrected chi connectivity index (χ2v) is 4.58. The zero-order valence-electron chi connectivity index (χ0n) is 10.1. The molecular formula is C13H13F3N2O. The van der Waals surface area contributed by atoms with Crippen molar-refractivity contribution in [3.05, 3.63) is 35.4 Å². The second kappa shape index (κ2) is 5.19. The van der Waals surface area contributed by atoms with Crippen LogP contribution in [0.25, 0.3) is 0 Å². The van der Waals surface area contributed by atoms with Crippen molar-refractivity contribution in [1.29, 1.82) is 5.26 Å². The summed E-state index contributed by atoms with van der Waals surface area (Å²) in [6.45, 7) is 0.234. The second-order valence-electron chi connectivity index (χ2n) is 4.58. The number of likely N-dealkylation sites (tertiary alicyclic amines) is 1. The Morgan fingerprint density at radius 2 is 2.05 bits per heavy atom. The summed E-state index contributed by atoms with van der Waals surface area (Å²) >= 11 is 0. The summed E-state index contributed by atoms with van der Waals surface area (Å²) in [6, 6.07) is 6.69. The molecular weight excluding hydrogens is 257 g/mol. The van der Waals surface area contributed by atoms with E-state index in [0.717, 1.165) is 6.07 Å². The Labute approximate surface area is 108 Å². The van der Waals surface area contributed by atoms with E-state index in [-0.39, 0.29) is 25.1 Å². The van der Waals surface area contributed by atoms with Crippen molar-refractivity contribution >= 4 is 0 Å². The number of alkyl halides is 3. The highest BCUT2D eigenvalue weighted by Crippen LogP contribution is 2.40. The average Bonchev–Trinajstić information content (AvgIpc) is 2.70. The van der Waals surface area contributed by atoms with Crippen molar-refractivity contribution in [2.24, 2.45) is 0 Å². The van der Waals surface area contributed by atoms with Crippen LogP contribution in [-0.2, 0) is 6.18 Å². The zero-order valence-corrected chi connectivity index (χ0v) is 10.1. The first-order valence-electron chi connectivity index (χ1n) is 5.88. The van der Waals surface area contributed by atoms with Gasteiger partial charge in [-0.15, -0.1) is 0 Å². The Morgan fingerprint density at radius 1 is 1.37 bits per heavy atom. The minimum Gasteiger partial charge on any atom is -0.392 e. The number of halogens is 3. The Bertz CT molecular complexity index is 495. The SMILES string of the molecule is N#CCN1CC(O)CC1c1ccccc1C(F)(F)F. The molecule has 2 atom stereocenters. The van der Waals surface area contributed by atoms with Gasteiger partial charge in [-0.3, -0.25) is 4.90 Å². The van der Waals surface area contributed by atoms with E-state index < -0.39 is 23.9 Å². The van der Waals surface area contributed by atoms with E-state index in [9.17, 15) is 18.3 Å². The van der Waals surface area contributed by atoms with Gasteiger partial charge in [-0.2, -0.15) is 18.4 Å². The van der Waals surface area contributed by atoms with Crippen LogP contribution in [0.5, 0.6) is 0 Å². The summed E-state index contributed by atoms with van der Waals surface area (Å²) in [5.74, 6) is 0. The molecule has 6 heteroatoms. The van der Waals surface area contributed by atoms with Crippen molar-refractivity contribution in [3.8, 4) is 6.07 Å². The lowest BCUT2D eigenvalue weighted by Crippen LogP contribution is -2.26. The minimum atomic E-state index is -4.43. The van der Waals surface area contributed by atoms with Gasteiger partial charge in [0.1, 0.15) is 0 Å². The number of benzene rings is 1. The molecule has 1 aliphatic rings. The highest BCUT2D eigenvalue weighted by Gasteiger charge is 2.39. The fraction of sp³-hybridized carbons (Fsp3) is 0.462. The molecule has 1 heterocycles. The first kappa shape index (κ1) is 13.8. The molecule has 0 spiro atoms. The van der Waals surface area contributed by atoms with Crippen LogP contribution in [0.15, 0.2) is 24.3 Å². The van der Waals surface area contributed by atoms with Gasteiger partial charge in [-0.25, -0.2) is 0 Å². The Balaban J connectivity index is 2.39. The maximum Gasteiger partial charge on any atom is 0.416 e. The number of aliphatic hydroxyl groups is 1. The standard InChI is InChI=1S/C13H13F3N2O/c14-13(15,16)11-4-2-1-3-10(11)12-7-9(19)8-18(12)6-5-17/h1-4,9,12,19H,6-8H2.